The van der Waals surface area contributed by atoms with E-state index in [1.54, 1.807) is 23.9 Å². The Morgan fingerprint density at radius 2 is 0.875 bits per heavy atom. The van der Waals surface area contributed by atoms with Crippen molar-refractivity contribution in [3.05, 3.63) is 145 Å². The molecule has 0 amide bonds. The fourth-order valence-corrected chi connectivity index (χ4v) is 5.91. The summed E-state index contributed by atoms with van der Waals surface area (Å²) in [5.74, 6) is 0.0762. The molecule has 9 heteroatoms. The van der Waals surface area contributed by atoms with Crippen molar-refractivity contribution >= 4 is 33.6 Å². The Labute approximate surface area is 240 Å². The third kappa shape index (κ3) is 8.94. The van der Waals surface area contributed by atoms with Gasteiger partial charge in [0.2, 0.25) is 0 Å². The van der Waals surface area contributed by atoms with Gasteiger partial charge < -0.3 is 4.18 Å². The van der Waals surface area contributed by atoms with E-state index in [0.717, 1.165) is 21.9 Å². The minimum absolute atomic E-state index is 0.0762. The van der Waals surface area contributed by atoms with E-state index in [9.17, 15) is 21.6 Å². The highest BCUT2D eigenvalue weighted by molar-refractivity contribution is 7.99. The van der Waals surface area contributed by atoms with Crippen molar-refractivity contribution in [1.82, 2.24) is 0 Å². The molecule has 204 valence electrons. The van der Waals surface area contributed by atoms with Crippen LogP contribution >= 0.6 is 23.5 Å². The van der Waals surface area contributed by atoms with Gasteiger partial charge >= 0.3 is 16.3 Å². The molecule has 3 nitrogen and oxygen atoms in total. The van der Waals surface area contributed by atoms with Gasteiger partial charge in [0.15, 0.2) is 0 Å². The fourth-order valence-electron chi connectivity index (χ4n) is 3.29. The molecule has 0 saturated carbocycles. The molecule has 5 aromatic rings. The molecule has 0 spiro atoms. The first-order valence-corrected chi connectivity index (χ1v) is 15.0. The topological polar surface area (TPSA) is 43.4 Å². The molecule has 0 atom stereocenters. The second-order valence-electron chi connectivity index (χ2n) is 8.17. The van der Waals surface area contributed by atoms with Crippen molar-refractivity contribution < 1.29 is 25.8 Å². The van der Waals surface area contributed by atoms with E-state index in [1.165, 1.54) is 33.7 Å². The van der Waals surface area contributed by atoms with Crippen LogP contribution < -0.4 is 4.18 Å². The van der Waals surface area contributed by atoms with Crippen LogP contribution in [0.25, 0.3) is 0 Å². The van der Waals surface area contributed by atoms with Crippen molar-refractivity contribution in [2.45, 2.75) is 30.7 Å². The second kappa shape index (κ2) is 13.6. The third-order valence-corrected chi connectivity index (χ3v) is 8.49. The van der Waals surface area contributed by atoms with Gasteiger partial charge in [0, 0.05) is 19.6 Å². The summed E-state index contributed by atoms with van der Waals surface area (Å²) in [5.41, 5.74) is -0.927. The molecule has 40 heavy (non-hydrogen) atoms. The lowest BCUT2D eigenvalue weighted by Crippen LogP contribution is -2.11. The Morgan fingerprint density at radius 3 is 1.25 bits per heavy atom. The maximum atomic E-state index is 12.6. The molecule has 0 unspecified atom stereocenters. The van der Waals surface area contributed by atoms with Gasteiger partial charge in [-0.1, -0.05) is 78.1 Å². The van der Waals surface area contributed by atoms with E-state index in [4.69, 9.17) is 4.18 Å². The van der Waals surface area contributed by atoms with Crippen LogP contribution in [0.5, 0.6) is 5.75 Å². The predicted octanol–water partition coefficient (Wildman–Crippen LogP) is 9.46. The van der Waals surface area contributed by atoms with Crippen LogP contribution in [0.1, 0.15) is 5.56 Å². The molecule has 0 aliphatic carbocycles. The molecular formula is C31H23F3O3S3. The maximum Gasteiger partial charge on any atom is 0.416 e. The number of alkyl halides is 3. The number of benzene rings is 5. The largest absolute Gasteiger partial charge is 0.416 e. The molecule has 0 saturated heterocycles. The van der Waals surface area contributed by atoms with Crippen molar-refractivity contribution in [2.24, 2.45) is 0 Å². The Hall–Kier alpha value is -3.66. The number of hydrogen-bond acceptors (Lipinski definition) is 5. The van der Waals surface area contributed by atoms with Crippen molar-refractivity contribution in [1.29, 1.82) is 0 Å². The molecule has 0 aliphatic heterocycles. The first-order valence-electron chi connectivity index (χ1n) is 11.9. The van der Waals surface area contributed by atoms with Crippen LogP contribution in [-0.2, 0) is 16.3 Å². The van der Waals surface area contributed by atoms with Crippen LogP contribution in [0.4, 0.5) is 13.2 Å². The van der Waals surface area contributed by atoms with Gasteiger partial charge in [-0.15, -0.1) is 0 Å². The van der Waals surface area contributed by atoms with E-state index in [1.807, 2.05) is 42.5 Å². The maximum absolute atomic E-state index is 12.6. The van der Waals surface area contributed by atoms with Crippen LogP contribution in [0.15, 0.2) is 164 Å². The van der Waals surface area contributed by atoms with E-state index in [0.29, 0.717) is 12.1 Å². The molecule has 0 N–H and O–H groups in total. The summed E-state index contributed by atoms with van der Waals surface area (Å²) >= 11 is 3.29. The highest BCUT2D eigenvalue weighted by Crippen LogP contribution is 2.32. The van der Waals surface area contributed by atoms with E-state index >= 15 is 0 Å². The zero-order chi connectivity index (χ0) is 28.4. The number of hydrogen-bond donors (Lipinski definition) is 0. The second-order valence-corrected chi connectivity index (χ2v) is 12.0. The molecule has 0 fully saturated rings. The standard InChI is InChI=1S/C19H13F3O3S2.C12H10S/c20-19(21,22)14-6-12-18(13-7-14)27(23,24)25-15-8-10-17(11-9-15)26-16-4-2-1-3-5-16;1-3-7-11(8-4-1)13-12-9-5-2-6-10-12/h1-13H;1-10H. The van der Waals surface area contributed by atoms with Crippen molar-refractivity contribution in [3.63, 3.8) is 0 Å². The molecule has 0 aromatic heterocycles. The van der Waals surface area contributed by atoms with Gasteiger partial charge in [0.05, 0.1) is 5.56 Å². The lowest BCUT2D eigenvalue weighted by Gasteiger charge is -2.10. The summed E-state index contributed by atoms with van der Waals surface area (Å²) in [5, 5.41) is 0. The first-order chi connectivity index (χ1) is 19.2. The average molecular weight is 597 g/mol. The van der Waals surface area contributed by atoms with Gasteiger partial charge in [-0.3, -0.25) is 0 Å². The SMILES string of the molecule is O=S(=O)(Oc1ccc(Sc2ccccc2)cc1)c1ccc(C(F)(F)F)cc1.c1ccc(Sc2ccccc2)cc1. The van der Waals surface area contributed by atoms with Crippen LogP contribution in [0, 0.1) is 0 Å². The summed E-state index contributed by atoms with van der Waals surface area (Å²) in [4.78, 5) is 4.14. The first kappa shape index (κ1) is 29.3. The van der Waals surface area contributed by atoms with Gasteiger partial charge in [0.25, 0.3) is 0 Å². The smallest absolute Gasteiger partial charge is 0.379 e. The van der Waals surface area contributed by atoms with Crippen LogP contribution in [0.3, 0.4) is 0 Å². The van der Waals surface area contributed by atoms with Gasteiger partial charge in [-0.2, -0.15) is 21.6 Å². The predicted molar refractivity (Wildman–Crippen MR) is 153 cm³/mol. The zero-order valence-corrected chi connectivity index (χ0v) is 23.3. The summed E-state index contributed by atoms with van der Waals surface area (Å²) in [6.45, 7) is 0. The molecule has 0 bridgehead atoms. The van der Waals surface area contributed by atoms with E-state index in [2.05, 4.69) is 48.5 Å². The summed E-state index contributed by atoms with van der Waals surface area (Å²) in [6.07, 6.45) is -4.53. The number of rotatable bonds is 7. The lowest BCUT2D eigenvalue weighted by molar-refractivity contribution is -0.137. The van der Waals surface area contributed by atoms with Gasteiger partial charge in [0.1, 0.15) is 10.6 Å². The number of halogens is 3. The Bertz CT molecular complexity index is 1540. The highest BCUT2D eigenvalue weighted by atomic mass is 32.2. The van der Waals surface area contributed by atoms with Crippen molar-refractivity contribution in [2.75, 3.05) is 0 Å². The minimum Gasteiger partial charge on any atom is -0.379 e. The summed E-state index contributed by atoms with van der Waals surface area (Å²) < 4.78 is 67.2. The molecule has 0 aliphatic rings. The monoisotopic (exact) mass is 596 g/mol. The highest BCUT2D eigenvalue weighted by Gasteiger charge is 2.30. The normalized spacial score (nSPS) is 11.3. The molecule has 5 rings (SSSR count). The quantitative estimate of drug-likeness (QED) is 0.175. The summed E-state index contributed by atoms with van der Waals surface area (Å²) in [7, 11) is -4.22. The van der Waals surface area contributed by atoms with Crippen LogP contribution in [0.2, 0.25) is 0 Å². The zero-order valence-electron chi connectivity index (χ0n) is 20.9. The van der Waals surface area contributed by atoms with E-state index in [-0.39, 0.29) is 10.6 Å². The molecule has 0 radical (unpaired) electrons. The average Bonchev–Trinajstić information content (AvgIpc) is 2.96. The Kier molecular flexibility index (Phi) is 9.98. The summed E-state index contributed by atoms with van der Waals surface area (Å²) in [6, 6.07) is 40.0. The van der Waals surface area contributed by atoms with Gasteiger partial charge in [-0.25, -0.2) is 0 Å². The van der Waals surface area contributed by atoms with Crippen molar-refractivity contribution in [3.8, 4) is 5.75 Å². The fraction of sp³-hybridized carbons (Fsp3) is 0.0323. The minimum atomic E-state index is -4.53. The third-order valence-electron chi connectivity index (χ3n) is 5.20. The Morgan fingerprint density at radius 1 is 0.500 bits per heavy atom. The molecule has 0 heterocycles. The van der Waals surface area contributed by atoms with Crippen LogP contribution in [-0.4, -0.2) is 8.42 Å². The lowest BCUT2D eigenvalue weighted by atomic mass is 10.2. The molecule has 5 aromatic carbocycles. The van der Waals surface area contributed by atoms with E-state index < -0.39 is 21.9 Å². The Balaban J connectivity index is 0.000000236. The van der Waals surface area contributed by atoms with Gasteiger partial charge in [-0.05, 0) is 84.9 Å². The molecular weight excluding hydrogens is 574 g/mol.